The van der Waals surface area contributed by atoms with Gasteiger partial charge in [-0.15, -0.1) is 0 Å². The van der Waals surface area contributed by atoms with Crippen LogP contribution in [0.1, 0.15) is 37.9 Å². The van der Waals surface area contributed by atoms with E-state index in [4.69, 9.17) is 4.74 Å². The van der Waals surface area contributed by atoms with Crippen molar-refractivity contribution >= 4 is 6.09 Å². The molecular formula is C16H24N2O3. The van der Waals surface area contributed by atoms with Crippen LogP contribution in [0.2, 0.25) is 0 Å². The van der Waals surface area contributed by atoms with Crippen molar-refractivity contribution in [1.82, 2.24) is 9.96 Å². The van der Waals surface area contributed by atoms with E-state index in [0.717, 1.165) is 5.56 Å². The third kappa shape index (κ3) is 4.19. The van der Waals surface area contributed by atoms with Crippen molar-refractivity contribution in [3.63, 3.8) is 0 Å². The number of nitrogens with zero attached hydrogens (tertiary/aromatic N) is 2. The minimum atomic E-state index is -0.507. The van der Waals surface area contributed by atoms with Gasteiger partial charge in [0.1, 0.15) is 5.60 Å². The molecule has 5 nitrogen and oxygen atoms in total. The number of aryl methyl sites for hydroxylation is 1. The molecule has 1 aliphatic heterocycles. The minimum absolute atomic E-state index is 0.216. The molecule has 0 bridgehead atoms. The van der Waals surface area contributed by atoms with Gasteiger partial charge in [-0.25, -0.2) is 4.79 Å². The normalized spacial score (nSPS) is 20.4. The molecular weight excluding hydrogens is 268 g/mol. The third-order valence-corrected chi connectivity index (χ3v) is 3.47. The smallest absolute Gasteiger partial charge is 0.410 e. The van der Waals surface area contributed by atoms with E-state index < -0.39 is 5.60 Å². The van der Waals surface area contributed by atoms with Gasteiger partial charge in [0.15, 0.2) is 0 Å². The van der Waals surface area contributed by atoms with Crippen LogP contribution in [0.3, 0.4) is 0 Å². The predicted octanol–water partition coefficient (Wildman–Crippen LogP) is 2.98. The molecule has 1 aromatic rings. The highest BCUT2D eigenvalue weighted by molar-refractivity contribution is 5.68. The molecule has 0 spiro atoms. The van der Waals surface area contributed by atoms with E-state index in [-0.39, 0.29) is 12.1 Å². The molecule has 1 saturated heterocycles. The first kappa shape index (κ1) is 15.8. The van der Waals surface area contributed by atoms with Gasteiger partial charge in [-0.2, -0.15) is 5.06 Å². The van der Waals surface area contributed by atoms with Gasteiger partial charge in [0.25, 0.3) is 0 Å². The average Bonchev–Trinajstić information content (AvgIpc) is 2.38. The second-order valence-electron chi connectivity index (χ2n) is 6.52. The van der Waals surface area contributed by atoms with Gasteiger partial charge in [0, 0.05) is 19.6 Å². The fourth-order valence-corrected chi connectivity index (χ4v) is 2.33. The van der Waals surface area contributed by atoms with E-state index in [1.54, 1.807) is 4.90 Å². The molecule has 0 aromatic heterocycles. The zero-order valence-corrected chi connectivity index (χ0v) is 13.2. The van der Waals surface area contributed by atoms with Crippen molar-refractivity contribution < 1.29 is 14.7 Å². The largest absolute Gasteiger partial charge is 0.444 e. The number of hydrogen-bond acceptors (Lipinski definition) is 4. The molecule has 2 rings (SSSR count). The zero-order chi connectivity index (χ0) is 15.6. The second kappa shape index (κ2) is 6.03. The van der Waals surface area contributed by atoms with Crippen LogP contribution in [0.25, 0.3) is 0 Å². The van der Waals surface area contributed by atoms with Crippen LogP contribution in [-0.2, 0) is 4.74 Å². The van der Waals surface area contributed by atoms with Crippen molar-refractivity contribution in [2.45, 2.75) is 39.3 Å². The van der Waals surface area contributed by atoms with E-state index in [0.29, 0.717) is 19.6 Å². The lowest BCUT2D eigenvalue weighted by atomic mass is 10.0. The predicted molar refractivity (Wildman–Crippen MR) is 80.2 cm³/mol. The lowest BCUT2D eigenvalue weighted by Gasteiger charge is -2.38. The maximum atomic E-state index is 12.2. The number of hydrogen-bond donors (Lipinski definition) is 1. The van der Waals surface area contributed by atoms with Crippen LogP contribution in [0.15, 0.2) is 24.3 Å². The Bertz CT molecular complexity index is 493. The quantitative estimate of drug-likeness (QED) is 0.864. The van der Waals surface area contributed by atoms with Crippen molar-refractivity contribution in [3.8, 4) is 0 Å². The summed E-state index contributed by atoms with van der Waals surface area (Å²) >= 11 is 0. The number of ether oxygens (including phenoxy) is 1. The third-order valence-electron chi connectivity index (χ3n) is 3.47. The highest BCUT2D eigenvalue weighted by Crippen LogP contribution is 2.25. The molecule has 0 saturated carbocycles. The molecule has 1 aliphatic rings. The van der Waals surface area contributed by atoms with Crippen LogP contribution in [-0.4, -0.2) is 46.5 Å². The topological polar surface area (TPSA) is 53.0 Å². The average molecular weight is 292 g/mol. The number of carbonyl (C=O) groups excluding carboxylic acids is 1. The second-order valence-corrected chi connectivity index (χ2v) is 6.52. The van der Waals surface area contributed by atoms with Gasteiger partial charge in [-0.3, -0.25) is 0 Å². The SMILES string of the molecule is Cc1ccc(C2CN(C(=O)OC(C)(C)C)CCN2O)cc1. The molecule has 0 aliphatic carbocycles. The van der Waals surface area contributed by atoms with Gasteiger partial charge in [0.2, 0.25) is 0 Å². The number of piperazine rings is 1. The van der Waals surface area contributed by atoms with Crippen LogP contribution >= 0.6 is 0 Å². The van der Waals surface area contributed by atoms with Gasteiger partial charge in [-0.1, -0.05) is 29.8 Å². The Labute approximate surface area is 126 Å². The number of benzene rings is 1. The van der Waals surface area contributed by atoms with Crippen LogP contribution in [0.5, 0.6) is 0 Å². The maximum Gasteiger partial charge on any atom is 0.410 e. The van der Waals surface area contributed by atoms with Crippen molar-refractivity contribution in [2.75, 3.05) is 19.6 Å². The Morgan fingerprint density at radius 3 is 2.43 bits per heavy atom. The zero-order valence-electron chi connectivity index (χ0n) is 13.2. The monoisotopic (exact) mass is 292 g/mol. The lowest BCUT2D eigenvalue weighted by Crippen LogP contribution is -2.50. The molecule has 1 fully saturated rings. The van der Waals surface area contributed by atoms with E-state index in [9.17, 15) is 10.0 Å². The molecule has 21 heavy (non-hydrogen) atoms. The summed E-state index contributed by atoms with van der Waals surface area (Å²) in [4.78, 5) is 13.8. The lowest BCUT2D eigenvalue weighted by molar-refractivity contribution is -0.155. The van der Waals surface area contributed by atoms with E-state index in [2.05, 4.69) is 0 Å². The van der Waals surface area contributed by atoms with E-state index >= 15 is 0 Å². The highest BCUT2D eigenvalue weighted by atomic mass is 16.6. The summed E-state index contributed by atoms with van der Waals surface area (Å²) in [6.45, 7) is 8.88. The van der Waals surface area contributed by atoms with Gasteiger partial charge >= 0.3 is 6.09 Å². The fourth-order valence-electron chi connectivity index (χ4n) is 2.33. The molecule has 5 heteroatoms. The molecule has 1 heterocycles. The molecule has 1 amide bonds. The molecule has 0 radical (unpaired) electrons. The number of rotatable bonds is 1. The van der Waals surface area contributed by atoms with Gasteiger partial charge in [-0.05, 0) is 33.3 Å². The Morgan fingerprint density at radius 2 is 1.86 bits per heavy atom. The molecule has 1 N–H and O–H groups in total. The first-order valence-electron chi connectivity index (χ1n) is 7.26. The van der Waals surface area contributed by atoms with Crippen LogP contribution < -0.4 is 0 Å². The summed E-state index contributed by atoms with van der Waals surface area (Å²) in [6.07, 6.45) is -0.326. The number of hydroxylamine groups is 2. The van der Waals surface area contributed by atoms with E-state index in [1.165, 1.54) is 10.6 Å². The molecule has 116 valence electrons. The highest BCUT2D eigenvalue weighted by Gasteiger charge is 2.32. The Hall–Kier alpha value is -1.59. The Kier molecular flexibility index (Phi) is 4.54. The number of amides is 1. The van der Waals surface area contributed by atoms with Crippen molar-refractivity contribution in [2.24, 2.45) is 0 Å². The molecule has 1 aromatic carbocycles. The summed E-state index contributed by atoms with van der Waals surface area (Å²) in [5.41, 5.74) is 1.66. The van der Waals surface area contributed by atoms with Crippen LogP contribution in [0.4, 0.5) is 4.79 Å². The fraction of sp³-hybridized carbons (Fsp3) is 0.562. The standard InChI is InChI=1S/C16H24N2O3/c1-12-5-7-13(8-6-12)14-11-17(9-10-18(14)20)15(19)21-16(2,3)4/h5-8,14,20H,9-11H2,1-4H3. The van der Waals surface area contributed by atoms with Gasteiger partial charge < -0.3 is 14.8 Å². The summed E-state index contributed by atoms with van der Waals surface area (Å²) in [7, 11) is 0. The van der Waals surface area contributed by atoms with Crippen LogP contribution in [0, 0.1) is 6.92 Å². The first-order valence-corrected chi connectivity index (χ1v) is 7.26. The van der Waals surface area contributed by atoms with Crippen molar-refractivity contribution in [3.05, 3.63) is 35.4 Å². The maximum absolute atomic E-state index is 12.2. The summed E-state index contributed by atoms with van der Waals surface area (Å²) in [5.74, 6) is 0. The first-order chi connectivity index (χ1) is 9.76. The van der Waals surface area contributed by atoms with Crippen molar-refractivity contribution in [1.29, 1.82) is 0 Å². The summed E-state index contributed by atoms with van der Waals surface area (Å²) in [5, 5.41) is 11.4. The number of carbonyl (C=O) groups is 1. The summed E-state index contributed by atoms with van der Waals surface area (Å²) < 4.78 is 5.40. The Balaban J connectivity index is 2.09. The van der Waals surface area contributed by atoms with Gasteiger partial charge in [0.05, 0.1) is 6.04 Å². The molecule has 1 unspecified atom stereocenters. The summed E-state index contributed by atoms with van der Waals surface area (Å²) in [6, 6.07) is 7.78. The molecule has 1 atom stereocenters. The Morgan fingerprint density at radius 1 is 1.24 bits per heavy atom. The minimum Gasteiger partial charge on any atom is -0.444 e. The van der Waals surface area contributed by atoms with E-state index in [1.807, 2.05) is 52.0 Å².